The molecular formula is C24H25ClN4O3S. The molecular weight excluding hydrogens is 460 g/mol. The van der Waals surface area contributed by atoms with E-state index in [1.54, 1.807) is 29.6 Å². The molecule has 2 aromatic heterocycles. The van der Waals surface area contributed by atoms with Gasteiger partial charge in [0, 0.05) is 30.5 Å². The quantitative estimate of drug-likeness (QED) is 0.303. The maximum atomic E-state index is 13.2. The number of hydrogen-bond acceptors (Lipinski definition) is 6. The fourth-order valence-corrected chi connectivity index (χ4v) is 4.60. The van der Waals surface area contributed by atoms with Crippen LogP contribution in [0.3, 0.4) is 0 Å². The Balaban J connectivity index is 1.50. The van der Waals surface area contributed by atoms with Gasteiger partial charge < -0.3 is 14.0 Å². The van der Waals surface area contributed by atoms with Crippen molar-refractivity contribution in [3.63, 3.8) is 0 Å². The number of ether oxygens (including phenoxy) is 2. The molecule has 4 aromatic rings. The minimum Gasteiger partial charge on any atom is -0.494 e. The molecule has 0 saturated heterocycles. The highest BCUT2D eigenvalue weighted by Gasteiger charge is 2.21. The van der Waals surface area contributed by atoms with Gasteiger partial charge in [0.25, 0.3) is 5.91 Å². The number of carbonyl (C=O) groups excluding carboxylic acids is 1. The first-order valence-corrected chi connectivity index (χ1v) is 11.9. The SMILES string of the molecule is CCOc1ccc(OCC(=O)N(CCCn2ccnc2)c2nc3c(C)c(Cl)ccc3s2)cc1. The van der Waals surface area contributed by atoms with E-state index in [9.17, 15) is 4.79 Å². The number of imidazole rings is 1. The van der Waals surface area contributed by atoms with Crippen molar-refractivity contribution in [3.05, 3.63) is 65.7 Å². The van der Waals surface area contributed by atoms with Crippen LogP contribution in [0.2, 0.25) is 5.02 Å². The van der Waals surface area contributed by atoms with Gasteiger partial charge in [0.2, 0.25) is 0 Å². The van der Waals surface area contributed by atoms with Gasteiger partial charge in [-0.15, -0.1) is 0 Å². The van der Waals surface area contributed by atoms with Crippen molar-refractivity contribution in [2.75, 3.05) is 24.7 Å². The molecule has 0 fully saturated rings. The number of carbonyl (C=O) groups is 1. The second kappa shape index (κ2) is 10.7. The Hall–Kier alpha value is -3.10. The Morgan fingerprint density at radius 3 is 2.61 bits per heavy atom. The molecule has 0 aliphatic heterocycles. The van der Waals surface area contributed by atoms with Crippen LogP contribution in [0.1, 0.15) is 18.9 Å². The lowest BCUT2D eigenvalue weighted by atomic mass is 10.2. The van der Waals surface area contributed by atoms with Crippen LogP contribution >= 0.6 is 22.9 Å². The topological polar surface area (TPSA) is 69.5 Å². The maximum Gasteiger partial charge on any atom is 0.266 e. The lowest BCUT2D eigenvalue weighted by Gasteiger charge is -2.20. The van der Waals surface area contributed by atoms with Crippen LogP contribution < -0.4 is 14.4 Å². The number of hydrogen-bond donors (Lipinski definition) is 0. The molecule has 2 heterocycles. The number of anilines is 1. The number of aromatic nitrogens is 3. The van der Waals surface area contributed by atoms with E-state index in [4.69, 9.17) is 26.1 Å². The van der Waals surface area contributed by atoms with Crippen LogP contribution in [-0.2, 0) is 11.3 Å². The number of thiazole rings is 1. The van der Waals surface area contributed by atoms with Crippen LogP contribution in [-0.4, -0.2) is 40.2 Å². The normalized spacial score (nSPS) is 11.0. The summed E-state index contributed by atoms with van der Waals surface area (Å²) in [6.45, 7) is 5.64. The summed E-state index contributed by atoms with van der Waals surface area (Å²) >= 11 is 7.75. The summed E-state index contributed by atoms with van der Waals surface area (Å²) in [7, 11) is 0. The van der Waals surface area contributed by atoms with Gasteiger partial charge >= 0.3 is 0 Å². The third kappa shape index (κ3) is 5.64. The van der Waals surface area contributed by atoms with Crippen molar-refractivity contribution in [3.8, 4) is 11.5 Å². The zero-order valence-electron chi connectivity index (χ0n) is 18.5. The van der Waals surface area contributed by atoms with Crippen molar-refractivity contribution >= 4 is 44.2 Å². The fraction of sp³-hybridized carbons (Fsp3) is 0.292. The highest BCUT2D eigenvalue weighted by atomic mass is 35.5. The highest BCUT2D eigenvalue weighted by molar-refractivity contribution is 7.22. The highest BCUT2D eigenvalue weighted by Crippen LogP contribution is 2.33. The van der Waals surface area contributed by atoms with Crippen molar-refractivity contribution < 1.29 is 14.3 Å². The minimum atomic E-state index is -0.155. The maximum absolute atomic E-state index is 13.2. The van der Waals surface area contributed by atoms with Crippen LogP contribution in [0.25, 0.3) is 10.2 Å². The fourth-order valence-electron chi connectivity index (χ4n) is 3.38. The van der Waals surface area contributed by atoms with Crippen molar-refractivity contribution in [2.45, 2.75) is 26.8 Å². The Kier molecular flexibility index (Phi) is 7.47. The molecule has 2 aromatic carbocycles. The van der Waals surface area contributed by atoms with Crippen LogP contribution in [0.4, 0.5) is 5.13 Å². The van der Waals surface area contributed by atoms with Crippen LogP contribution in [0.15, 0.2) is 55.1 Å². The molecule has 1 amide bonds. The van der Waals surface area contributed by atoms with Gasteiger partial charge in [-0.3, -0.25) is 9.69 Å². The molecule has 0 spiro atoms. The Morgan fingerprint density at radius 2 is 1.91 bits per heavy atom. The third-order valence-corrected chi connectivity index (χ3v) is 6.58. The van der Waals surface area contributed by atoms with Gasteiger partial charge in [0.15, 0.2) is 11.7 Å². The summed E-state index contributed by atoms with van der Waals surface area (Å²) in [6, 6.07) is 11.0. The monoisotopic (exact) mass is 484 g/mol. The van der Waals surface area contributed by atoms with E-state index >= 15 is 0 Å². The zero-order chi connectivity index (χ0) is 23.2. The molecule has 172 valence electrons. The zero-order valence-corrected chi connectivity index (χ0v) is 20.1. The molecule has 0 bridgehead atoms. The Morgan fingerprint density at radius 1 is 1.15 bits per heavy atom. The molecule has 0 radical (unpaired) electrons. The molecule has 33 heavy (non-hydrogen) atoms. The van der Waals surface area contributed by atoms with E-state index in [1.807, 2.05) is 48.9 Å². The van der Waals surface area contributed by atoms with Gasteiger partial charge in [-0.05, 0) is 62.2 Å². The molecule has 0 unspecified atom stereocenters. The lowest BCUT2D eigenvalue weighted by Crippen LogP contribution is -2.36. The molecule has 0 aliphatic rings. The number of fused-ring (bicyclic) bond motifs is 1. The molecule has 9 heteroatoms. The predicted octanol–water partition coefficient (Wildman–Crippen LogP) is 5.36. The third-order valence-electron chi connectivity index (χ3n) is 5.12. The predicted molar refractivity (Wildman–Crippen MR) is 132 cm³/mol. The minimum absolute atomic E-state index is 0.0886. The number of nitrogens with zero attached hydrogens (tertiary/aromatic N) is 4. The molecule has 0 saturated carbocycles. The van der Waals surface area contributed by atoms with Crippen molar-refractivity contribution in [2.24, 2.45) is 0 Å². The lowest BCUT2D eigenvalue weighted by molar-refractivity contribution is -0.120. The van der Waals surface area contributed by atoms with E-state index in [-0.39, 0.29) is 12.5 Å². The van der Waals surface area contributed by atoms with E-state index in [0.717, 1.165) is 34.5 Å². The van der Waals surface area contributed by atoms with Gasteiger partial charge in [0.1, 0.15) is 11.5 Å². The number of amides is 1. The first-order valence-electron chi connectivity index (χ1n) is 10.7. The van der Waals surface area contributed by atoms with Crippen molar-refractivity contribution in [1.82, 2.24) is 14.5 Å². The second-order valence-corrected chi connectivity index (χ2v) is 8.82. The average Bonchev–Trinajstić information content (AvgIpc) is 3.49. The molecule has 0 N–H and O–H groups in total. The summed E-state index contributed by atoms with van der Waals surface area (Å²) in [5.74, 6) is 1.22. The van der Waals surface area contributed by atoms with Crippen molar-refractivity contribution in [1.29, 1.82) is 0 Å². The summed E-state index contributed by atoms with van der Waals surface area (Å²) in [4.78, 5) is 23.7. The standard InChI is InChI=1S/C24H25ClN4O3S/c1-3-31-18-5-7-19(8-6-18)32-15-22(30)29(13-4-12-28-14-11-26-16-28)24-27-23-17(2)20(25)9-10-21(23)33-24/h5-11,14,16H,3-4,12-13,15H2,1-2H3. The van der Waals surface area contributed by atoms with E-state index in [2.05, 4.69) is 4.98 Å². The Labute approximate surface area is 201 Å². The molecule has 0 atom stereocenters. The molecule has 7 nitrogen and oxygen atoms in total. The van der Waals surface area contributed by atoms with Gasteiger partial charge in [0.05, 0.1) is 23.2 Å². The summed E-state index contributed by atoms with van der Waals surface area (Å²) in [6.07, 6.45) is 6.17. The first-order chi connectivity index (χ1) is 16.0. The smallest absolute Gasteiger partial charge is 0.266 e. The summed E-state index contributed by atoms with van der Waals surface area (Å²) in [5.41, 5.74) is 1.73. The molecule has 4 rings (SSSR count). The Bertz CT molecular complexity index is 1210. The van der Waals surface area contributed by atoms with E-state index in [0.29, 0.717) is 29.1 Å². The number of rotatable bonds is 10. The van der Waals surface area contributed by atoms with Crippen LogP contribution in [0, 0.1) is 6.92 Å². The number of benzene rings is 2. The van der Waals surface area contributed by atoms with Gasteiger partial charge in [-0.25, -0.2) is 9.97 Å². The first kappa shape index (κ1) is 23.1. The molecule has 0 aliphatic carbocycles. The van der Waals surface area contributed by atoms with E-state index in [1.165, 1.54) is 11.3 Å². The van der Waals surface area contributed by atoms with Gasteiger partial charge in [-0.1, -0.05) is 22.9 Å². The summed E-state index contributed by atoms with van der Waals surface area (Å²) in [5, 5.41) is 1.30. The number of aryl methyl sites for hydroxylation is 2. The van der Waals surface area contributed by atoms with E-state index < -0.39 is 0 Å². The average molecular weight is 485 g/mol. The largest absolute Gasteiger partial charge is 0.494 e. The van der Waals surface area contributed by atoms with Crippen LogP contribution in [0.5, 0.6) is 11.5 Å². The van der Waals surface area contributed by atoms with Gasteiger partial charge in [-0.2, -0.15) is 0 Å². The summed E-state index contributed by atoms with van der Waals surface area (Å²) < 4.78 is 14.2. The number of halogens is 1. The second-order valence-electron chi connectivity index (χ2n) is 7.41.